The number of nitrogens with two attached hydrogens (primary N) is 1. The van der Waals surface area contributed by atoms with Gasteiger partial charge in [-0.05, 0) is 29.8 Å². The summed E-state index contributed by atoms with van der Waals surface area (Å²) in [6, 6.07) is 10.9. The van der Waals surface area contributed by atoms with Gasteiger partial charge in [0.15, 0.2) is 11.5 Å². The normalized spacial score (nSPS) is 9.80. The molecule has 0 aliphatic rings. The number of benzene rings is 2. The van der Waals surface area contributed by atoms with Gasteiger partial charge in [0.05, 0.1) is 12.1 Å². The van der Waals surface area contributed by atoms with Crippen molar-refractivity contribution in [3.63, 3.8) is 0 Å². The maximum Gasteiger partial charge on any atom is 0.170 e. The first-order valence-electron chi connectivity index (χ1n) is 5.64. The van der Waals surface area contributed by atoms with E-state index in [0.717, 1.165) is 10.0 Å². The Morgan fingerprint density at radius 1 is 1.15 bits per heavy atom. The molecule has 6 heteroatoms. The van der Waals surface area contributed by atoms with E-state index < -0.39 is 0 Å². The standard InChI is InChI=1S/C14H13BrClNO2.ClH/c1-18-13-6-9(8-17)10(15)7-14(13)19-12-5-3-2-4-11(12)16;/h2-7H,8,17H2,1H3;1H. The van der Waals surface area contributed by atoms with E-state index in [1.54, 1.807) is 19.2 Å². The van der Waals surface area contributed by atoms with Gasteiger partial charge in [0.25, 0.3) is 0 Å². The summed E-state index contributed by atoms with van der Waals surface area (Å²) in [5.41, 5.74) is 6.60. The van der Waals surface area contributed by atoms with Gasteiger partial charge in [-0.2, -0.15) is 0 Å². The number of para-hydroxylation sites is 1. The van der Waals surface area contributed by atoms with Crippen molar-refractivity contribution in [3.05, 3.63) is 51.5 Å². The molecular weight excluding hydrogens is 365 g/mol. The highest BCUT2D eigenvalue weighted by Gasteiger charge is 2.11. The summed E-state index contributed by atoms with van der Waals surface area (Å²) in [6.45, 7) is 0.420. The molecule has 0 aliphatic heterocycles. The third-order valence-corrected chi connectivity index (χ3v) is 3.66. The number of rotatable bonds is 4. The highest BCUT2D eigenvalue weighted by atomic mass is 79.9. The van der Waals surface area contributed by atoms with E-state index >= 15 is 0 Å². The van der Waals surface area contributed by atoms with Crippen LogP contribution >= 0.6 is 39.9 Å². The topological polar surface area (TPSA) is 44.5 Å². The summed E-state index contributed by atoms with van der Waals surface area (Å²) in [6.07, 6.45) is 0. The Labute approximate surface area is 137 Å². The molecule has 20 heavy (non-hydrogen) atoms. The summed E-state index contributed by atoms with van der Waals surface area (Å²) < 4.78 is 12.0. The van der Waals surface area contributed by atoms with Gasteiger partial charge in [-0.15, -0.1) is 12.4 Å². The fourth-order valence-electron chi connectivity index (χ4n) is 1.62. The molecule has 0 saturated heterocycles. The minimum absolute atomic E-state index is 0. The highest BCUT2D eigenvalue weighted by molar-refractivity contribution is 9.10. The van der Waals surface area contributed by atoms with Crippen LogP contribution in [-0.4, -0.2) is 7.11 Å². The van der Waals surface area contributed by atoms with Crippen molar-refractivity contribution in [2.45, 2.75) is 6.54 Å². The monoisotopic (exact) mass is 377 g/mol. The van der Waals surface area contributed by atoms with Crippen molar-refractivity contribution in [2.75, 3.05) is 7.11 Å². The molecule has 0 unspecified atom stereocenters. The molecule has 0 atom stereocenters. The zero-order valence-electron chi connectivity index (χ0n) is 10.7. The highest BCUT2D eigenvalue weighted by Crippen LogP contribution is 2.38. The van der Waals surface area contributed by atoms with Crippen LogP contribution in [0.5, 0.6) is 17.2 Å². The van der Waals surface area contributed by atoms with Gasteiger partial charge in [0, 0.05) is 11.0 Å². The van der Waals surface area contributed by atoms with Gasteiger partial charge in [-0.1, -0.05) is 39.7 Å². The fraction of sp³-hybridized carbons (Fsp3) is 0.143. The third kappa shape index (κ3) is 3.79. The molecule has 0 radical (unpaired) electrons. The van der Waals surface area contributed by atoms with Gasteiger partial charge in [-0.25, -0.2) is 0 Å². The maximum atomic E-state index is 6.07. The SMILES string of the molecule is COc1cc(CN)c(Br)cc1Oc1ccccc1Cl.Cl. The Morgan fingerprint density at radius 2 is 1.85 bits per heavy atom. The first-order valence-corrected chi connectivity index (χ1v) is 6.81. The molecule has 0 aromatic heterocycles. The van der Waals surface area contributed by atoms with Crippen LogP contribution in [0.2, 0.25) is 5.02 Å². The molecule has 2 rings (SSSR count). The molecular formula is C14H14BrCl2NO2. The minimum Gasteiger partial charge on any atom is -0.493 e. The molecule has 0 bridgehead atoms. The number of halogens is 3. The summed E-state index contributed by atoms with van der Waals surface area (Å²) in [5, 5.41) is 0.545. The molecule has 0 fully saturated rings. The van der Waals surface area contributed by atoms with E-state index in [-0.39, 0.29) is 12.4 Å². The molecule has 0 spiro atoms. The van der Waals surface area contributed by atoms with Crippen LogP contribution in [0.3, 0.4) is 0 Å². The average molecular weight is 379 g/mol. The second-order valence-electron chi connectivity index (χ2n) is 3.83. The number of hydrogen-bond acceptors (Lipinski definition) is 3. The lowest BCUT2D eigenvalue weighted by Gasteiger charge is -2.13. The lowest BCUT2D eigenvalue weighted by atomic mass is 10.2. The Morgan fingerprint density at radius 3 is 2.45 bits per heavy atom. The zero-order chi connectivity index (χ0) is 13.8. The molecule has 0 saturated carbocycles. The number of ether oxygens (including phenoxy) is 2. The number of methoxy groups -OCH3 is 1. The van der Waals surface area contributed by atoms with Crippen molar-refractivity contribution >= 4 is 39.9 Å². The molecule has 2 N–H and O–H groups in total. The Bertz CT molecular complexity index is 593. The Kier molecular flexibility index (Phi) is 6.62. The lowest BCUT2D eigenvalue weighted by Crippen LogP contribution is -1.99. The second kappa shape index (κ2) is 7.74. The molecule has 0 amide bonds. The van der Waals surface area contributed by atoms with Crippen molar-refractivity contribution in [3.8, 4) is 17.2 Å². The van der Waals surface area contributed by atoms with Gasteiger partial charge >= 0.3 is 0 Å². The van der Waals surface area contributed by atoms with E-state index in [1.807, 2.05) is 24.3 Å². The molecule has 0 heterocycles. The molecule has 108 valence electrons. The average Bonchev–Trinajstić information content (AvgIpc) is 2.42. The summed E-state index contributed by atoms with van der Waals surface area (Å²) in [5.74, 6) is 1.78. The van der Waals surface area contributed by atoms with Crippen LogP contribution in [0.15, 0.2) is 40.9 Å². The summed E-state index contributed by atoms with van der Waals surface area (Å²) in [4.78, 5) is 0. The second-order valence-corrected chi connectivity index (χ2v) is 5.09. The van der Waals surface area contributed by atoms with Crippen LogP contribution in [0, 0.1) is 0 Å². The first-order chi connectivity index (χ1) is 9.15. The fourth-order valence-corrected chi connectivity index (χ4v) is 2.28. The van der Waals surface area contributed by atoms with Crippen molar-refractivity contribution in [1.29, 1.82) is 0 Å². The van der Waals surface area contributed by atoms with E-state index in [4.69, 9.17) is 26.8 Å². The van der Waals surface area contributed by atoms with E-state index in [2.05, 4.69) is 15.9 Å². The van der Waals surface area contributed by atoms with Crippen molar-refractivity contribution in [2.24, 2.45) is 5.73 Å². The van der Waals surface area contributed by atoms with Gasteiger partial charge in [-0.3, -0.25) is 0 Å². The van der Waals surface area contributed by atoms with Crippen LogP contribution in [0.4, 0.5) is 0 Å². The Balaban J connectivity index is 0.00000200. The van der Waals surface area contributed by atoms with Crippen molar-refractivity contribution in [1.82, 2.24) is 0 Å². The van der Waals surface area contributed by atoms with Gasteiger partial charge in [0.2, 0.25) is 0 Å². The number of hydrogen-bond donors (Lipinski definition) is 1. The largest absolute Gasteiger partial charge is 0.493 e. The van der Waals surface area contributed by atoms with Crippen molar-refractivity contribution < 1.29 is 9.47 Å². The minimum atomic E-state index is 0. The van der Waals surface area contributed by atoms with E-state index in [0.29, 0.717) is 28.8 Å². The lowest BCUT2D eigenvalue weighted by molar-refractivity contribution is 0.378. The van der Waals surface area contributed by atoms with Gasteiger partial charge in [0.1, 0.15) is 5.75 Å². The van der Waals surface area contributed by atoms with Crippen LogP contribution in [-0.2, 0) is 6.54 Å². The third-order valence-electron chi connectivity index (χ3n) is 2.61. The molecule has 3 nitrogen and oxygen atoms in total. The molecule has 0 aliphatic carbocycles. The van der Waals surface area contributed by atoms with Gasteiger partial charge < -0.3 is 15.2 Å². The quantitative estimate of drug-likeness (QED) is 0.832. The molecule has 2 aromatic rings. The molecule has 2 aromatic carbocycles. The summed E-state index contributed by atoms with van der Waals surface area (Å²) in [7, 11) is 1.59. The first kappa shape index (κ1) is 17.1. The van der Waals surface area contributed by atoms with Crippen LogP contribution < -0.4 is 15.2 Å². The van der Waals surface area contributed by atoms with E-state index in [9.17, 15) is 0 Å². The smallest absolute Gasteiger partial charge is 0.170 e. The van der Waals surface area contributed by atoms with E-state index in [1.165, 1.54) is 0 Å². The van der Waals surface area contributed by atoms with Crippen LogP contribution in [0.25, 0.3) is 0 Å². The predicted octanol–water partition coefficient (Wildman–Crippen LogP) is 4.78. The maximum absolute atomic E-state index is 6.07. The van der Waals surface area contributed by atoms with Crippen LogP contribution in [0.1, 0.15) is 5.56 Å². The zero-order valence-corrected chi connectivity index (χ0v) is 13.9. The predicted molar refractivity (Wildman–Crippen MR) is 87.4 cm³/mol. The Hall–Kier alpha value is -0.940. The summed E-state index contributed by atoms with van der Waals surface area (Å²) >= 11 is 9.52.